The van der Waals surface area contributed by atoms with Gasteiger partial charge in [0, 0.05) is 6.54 Å². The van der Waals surface area contributed by atoms with Crippen LogP contribution in [0.2, 0.25) is 0 Å². The molecule has 4 heteroatoms. The number of hydrogen-bond donors (Lipinski definition) is 0. The molecule has 78 valence electrons. The van der Waals surface area contributed by atoms with Gasteiger partial charge in [-0.15, -0.1) is 11.8 Å². The van der Waals surface area contributed by atoms with E-state index in [9.17, 15) is 4.79 Å². The summed E-state index contributed by atoms with van der Waals surface area (Å²) in [5, 5.41) is 8.67. The number of carbonyl (C=O) groups excluding carboxylic acids is 1. The highest BCUT2D eigenvalue weighted by molar-refractivity contribution is 8.00. The van der Waals surface area contributed by atoms with Gasteiger partial charge in [-0.05, 0) is 25.5 Å². The standard InChI is InChI=1S/C10H16N2OS/c1-2-12(7-6-11)10(13)9-5-3-4-8-14-9/h9H,2-5,7-8H2,1H3. The fourth-order valence-electron chi connectivity index (χ4n) is 1.57. The number of amides is 1. The van der Waals surface area contributed by atoms with Gasteiger partial charge < -0.3 is 4.90 Å². The Hall–Kier alpha value is -0.690. The molecule has 0 N–H and O–H groups in total. The van der Waals surface area contributed by atoms with Crippen LogP contribution in [0.4, 0.5) is 0 Å². The predicted molar refractivity (Wildman–Crippen MR) is 58.0 cm³/mol. The third-order valence-electron chi connectivity index (χ3n) is 2.41. The molecule has 0 aromatic heterocycles. The van der Waals surface area contributed by atoms with E-state index in [0.29, 0.717) is 6.54 Å². The molecule has 0 spiro atoms. The van der Waals surface area contributed by atoms with E-state index < -0.39 is 0 Å². The fraction of sp³-hybridized carbons (Fsp3) is 0.800. The summed E-state index contributed by atoms with van der Waals surface area (Å²) in [6, 6.07) is 2.03. The summed E-state index contributed by atoms with van der Waals surface area (Å²) in [5.41, 5.74) is 0. The van der Waals surface area contributed by atoms with Gasteiger partial charge in [0.05, 0.1) is 11.3 Å². The Kier molecular flexibility index (Phi) is 4.81. The Morgan fingerprint density at radius 3 is 2.93 bits per heavy atom. The van der Waals surface area contributed by atoms with Crippen molar-refractivity contribution in [3.8, 4) is 6.07 Å². The van der Waals surface area contributed by atoms with Gasteiger partial charge in [0.15, 0.2) is 0 Å². The number of carbonyl (C=O) groups is 1. The summed E-state index contributed by atoms with van der Waals surface area (Å²) >= 11 is 1.74. The molecule has 1 rings (SSSR count). The molecular formula is C10H16N2OS. The molecule has 0 radical (unpaired) electrons. The zero-order valence-corrected chi connectivity index (χ0v) is 9.35. The summed E-state index contributed by atoms with van der Waals surface area (Å²) in [6.07, 6.45) is 3.35. The van der Waals surface area contributed by atoms with E-state index in [0.717, 1.165) is 18.6 Å². The van der Waals surface area contributed by atoms with E-state index in [1.54, 1.807) is 16.7 Å². The molecule has 1 saturated heterocycles. The molecule has 3 nitrogen and oxygen atoms in total. The minimum absolute atomic E-state index is 0.108. The molecule has 0 aromatic rings. The second kappa shape index (κ2) is 5.92. The fourth-order valence-corrected chi connectivity index (χ4v) is 2.85. The maximum Gasteiger partial charge on any atom is 0.236 e. The Bertz CT molecular complexity index is 231. The molecule has 1 aliphatic rings. The van der Waals surface area contributed by atoms with Crippen molar-refractivity contribution in [2.24, 2.45) is 0 Å². The SMILES string of the molecule is CCN(CC#N)C(=O)C1CCCCS1. The lowest BCUT2D eigenvalue weighted by atomic mass is 10.1. The molecule has 1 unspecified atom stereocenters. The first-order chi connectivity index (χ1) is 6.79. The van der Waals surface area contributed by atoms with Crippen LogP contribution >= 0.6 is 11.8 Å². The van der Waals surface area contributed by atoms with E-state index in [1.165, 1.54) is 6.42 Å². The van der Waals surface area contributed by atoms with Crippen molar-refractivity contribution in [1.82, 2.24) is 4.90 Å². The molecule has 14 heavy (non-hydrogen) atoms. The normalized spacial score (nSPS) is 21.3. The summed E-state index contributed by atoms with van der Waals surface area (Å²) in [7, 11) is 0. The minimum Gasteiger partial charge on any atom is -0.329 e. The average Bonchev–Trinajstić information content (AvgIpc) is 2.26. The predicted octanol–water partition coefficient (Wildman–Crippen LogP) is 1.64. The van der Waals surface area contributed by atoms with Crippen molar-refractivity contribution >= 4 is 17.7 Å². The summed E-state index contributed by atoms with van der Waals surface area (Å²) < 4.78 is 0. The van der Waals surface area contributed by atoms with Crippen LogP contribution in [0.15, 0.2) is 0 Å². The van der Waals surface area contributed by atoms with Crippen molar-refractivity contribution in [2.45, 2.75) is 31.4 Å². The van der Waals surface area contributed by atoms with Gasteiger partial charge >= 0.3 is 0 Å². The van der Waals surface area contributed by atoms with Gasteiger partial charge in [-0.1, -0.05) is 6.42 Å². The molecule has 0 aliphatic carbocycles. The van der Waals surface area contributed by atoms with Crippen LogP contribution in [-0.4, -0.2) is 34.9 Å². The summed E-state index contributed by atoms with van der Waals surface area (Å²) in [6.45, 7) is 2.79. The van der Waals surface area contributed by atoms with Gasteiger partial charge in [0.25, 0.3) is 0 Å². The average molecular weight is 212 g/mol. The highest BCUT2D eigenvalue weighted by Gasteiger charge is 2.25. The lowest BCUT2D eigenvalue weighted by Crippen LogP contribution is -2.38. The Morgan fingerprint density at radius 1 is 1.64 bits per heavy atom. The van der Waals surface area contributed by atoms with Crippen molar-refractivity contribution in [2.75, 3.05) is 18.8 Å². The number of rotatable bonds is 3. The summed E-state index contributed by atoms with van der Waals surface area (Å²) in [4.78, 5) is 13.5. The first-order valence-electron chi connectivity index (χ1n) is 5.07. The molecule has 1 fully saturated rings. The minimum atomic E-state index is 0.108. The van der Waals surface area contributed by atoms with Gasteiger partial charge in [-0.25, -0.2) is 0 Å². The van der Waals surface area contributed by atoms with Crippen LogP contribution < -0.4 is 0 Å². The van der Waals surface area contributed by atoms with E-state index in [4.69, 9.17) is 5.26 Å². The zero-order chi connectivity index (χ0) is 10.4. The van der Waals surface area contributed by atoms with Gasteiger partial charge in [-0.3, -0.25) is 4.79 Å². The van der Waals surface area contributed by atoms with Crippen LogP contribution in [0, 0.1) is 11.3 Å². The molecule has 1 heterocycles. The molecule has 0 saturated carbocycles. The number of nitriles is 1. The molecular weight excluding hydrogens is 196 g/mol. The van der Waals surface area contributed by atoms with Crippen LogP contribution in [0.25, 0.3) is 0 Å². The summed E-state index contributed by atoms with van der Waals surface area (Å²) in [5.74, 6) is 1.24. The van der Waals surface area contributed by atoms with E-state index in [-0.39, 0.29) is 17.7 Å². The van der Waals surface area contributed by atoms with Crippen molar-refractivity contribution in [3.63, 3.8) is 0 Å². The second-order valence-corrected chi connectivity index (χ2v) is 4.68. The van der Waals surface area contributed by atoms with Crippen molar-refractivity contribution in [1.29, 1.82) is 5.26 Å². The lowest BCUT2D eigenvalue weighted by molar-refractivity contribution is -0.130. The highest BCUT2D eigenvalue weighted by Crippen LogP contribution is 2.26. The maximum atomic E-state index is 11.9. The quantitative estimate of drug-likeness (QED) is 0.668. The third-order valence-corrected chi connectivity index (χ3v) is 3.77. The van der Waals surface area contributed by atoms with Gasteiger partial charge in [-0.2, -0.15) is 5.26 Å². The van der Waals surface area contributed by atoms with Crippen LogP contribution in [0.3, 0.4) is 0 Å². The van der Waals surface area contributed by atoms with E-state index in [2.05, 4.69) is 0 Å². The van der Waals surface area contributed by atoms with Crippen LogP contribution in [0.1, 0.15) is 26.2 Å². The van der Waals surface area contributed by atoms with Crippen molar-refractivity contribution < 1.29 is 4.79 Å². The highest BCUT2D eigenvalue weighted by atomic mass is 32.2. The van der Waals surface area contributed by atoms with E-state index in [1.807, 2.05) is 13.0 Å². The number of thioether (sulfide) groups is 1. The molecule has 0 aromatic carbocycles. The van der Waals surface area contributed by atoms with Gasteiger partial charge in [0.2, 0.25) is 5.91 Å². The van der Waals surface area contributed by atoms with Crippen LogP contribution in [-0.2, 0) is 4.79 Å². The topological polar surface area (TPSA) is 44.1 Å². The molecule has 1 aliphatic heterocycles. The second-order valence-electron chi connectivity index (χ2n) is 3.37. The Labute approximate surface area is 89.5 Å². The first kappa shape index (κ1) is 11.4. The number of hydrogen-bond acceptors (Lipinski definition) is 3. The number of nitrogens with zero attached hydrogens (tertiary/aromatic N) is 2. The lowest BCUT2D eigenvalue weighted by Gasteiger charge is -2.26. The maximum absolute atomic E-state index is 11.9. The monoisotopic (exact) mass is 212 g/mol. The Morgan fingerprint density at radius 2 is 2.43 bits per heavy atom. The van der Waals surface area contributed by atoms with Crippen LogP contribution in [0.5, 0.6) is 0 Å². The zero-order valence-electron chi connectivity index (χ0n) is 8.53. The smallest absolute Gasteiger partial charge is 0.236 e. The Balaban J connectivity index is 2.48. The van der Waals surface area contributed by atoms with Gasteiger partial charge in [0.1, 0.15) is 6.54 Å². The first-order valence-corrected chi connectivity index (χ1v) is 6.11. The molecule has 1 amide bonds. The van der Waals surface area contributed by atoms with E-state index >= 15 is 0 Å². The molecule has 0 bridgehead atoms. The third kappa shape index (κ3) is 2.91. The van der Waals surface area contributed by atoms with Crippen molar-refractivity contribution in [3.05, 3.63) is 0 Å². The molecule has 1 atom stereocenters. The largest absolute Gasteiger partial charge is 0.329 e.